The summed E-state index contributed by atoms with van der Waals surface area (Å²) >= 11 is 0. The van der Waals surface area contributed by atoms with E-state index in [1.54, 1.807) is 0 Å². The number of benzene rings is 1. The number of unbranched alkanes of at least 4 members (excludes halogenated alkanes) is 9. The molecule has 2 nitrogen and oxygen atoms in total. The van der Waals surface area contributed by atoms with E-state index in [-0.39, 0.29) is 12.4 Å². The van der Waals surface area contributed by atoms with Crippen LogP contribution in [0.4, 0.5) is 11.4 Å². The van der Waals surface area contributed by atoms with Crippen LogP contribution in [0, 0.1) is 0 Å². The fourth-order valence-electron chi connectivity index (χ4n) is 3.55. The van der Waals surface area contributed by atoms with Crippen LogP contribution in [0.3, 0.4) is 0 Å². The summed E-state index contributed by atoms with van der Waals surface area (Å²) in [5.41, 5.74) is 2.85. The zero-order chi connectivity index (χ0) is 15.6. The van der Waals surface area contributed by atoms with Gasteiger partial charge in [0.05, 0.1) is 0 Å². The zero-order valence-electron chi connectivity index (χ0n) is 15.1. The predicted molar refractivity (Wildman–Crippen MR) is 96.7 cm³/mol. The lowest BCUT2D eigenvalue weighted by molar-refractivity contribution is -0.596. The average Bonchev–Trinajstić information content (AvgIpc) is 2.85. The van der Waals surface area contributed by atoms with E-state index in [9.17, 15) is 0 Å². The highest BCUT2D eigenvalue weighted by atomic mass is 35.5. The first-order valence-corrected chi connectivity index (χ1v) is 9.53. The number of para-hydroxylation sites is 2. The molecule has 1 atom stereocenters. The molecule has 3 heteroatoms. The first-order chi connectivity index (χ1) is 10.8. The molecule has 23 heavy (non-hydrogen) atoms. The van der Waals surface area contributed by atoms with Gasteiger partial charge in [0.15, 0.2) is 11.9 Å². The van der Waals surface area contributed by atoms with E-state index in [4.69, 9.17) is 0 Å². The molecule has 132 valence electrons. The number of nitrogens with zero attached hydrogens (tertiary/aromatic N) is 1. The smallest absolute Gasteiger partial charge is 0.163 e. The number of rotatable bonds is 11. The average molecular weight is 339 g/mol. The summed E-state index contributed by atoms with van der Waals surface area (Å²) in [5, 5.41) is 2.39. The Morgan fingerprint density at radius 2 is 1.43 bits per heavy atom. The van der Waals surface area contributed by atoms with Gasteiger partial charge in [-0.25, -0.2) is 0 Å². The topological polar surface area (TPSA) is 19.9 Å². The minimum atomic E-state index is 0. The van der Waals surface area contributed by atoms with Crippen molar-refractivity contribution in [2.45, 2.75) is 84.2 Å². The van der Waals surface area contributed by atoms with E-state index in [1.807, 2.05) is 0 Å². The van der Waals surface area contributed by atoms with E-state index >= 15 is 0 Å². The Balaban J connectivity index is 0.00000264. The number of anilines is 1. The van der Waals surface area contributed by atoms with Crippen LogP contribution in [0.1, 0.15) is 78.1 Å². The maximum Gasteiger partial charge on any atom is 0.163 e. The molecule has 0 spiro atoms. The molecule has 1 heterocycles. The molecule has 0 saturated carbocycles. The molecule has 0 radical (unpaired) electrons. The van der Waals surface area contributed by atoms with Gasteiger partial charge in [-0.1, -0.05) is 76.8 Å². The number of hydrogen-bond acceptors (Lipinski definition) is 1. The molecule has 1 unspecified atom stereocenters. The van der Waals surface area contributed by atoms with Gasteiger partial charge in [-0.05, 0) is 12.5 Å². The van der Waals surface area contributed by atoms with Gasteiger partial charge in [0, 0.05) is 19.5 Å². The zero-order valence-corrected chi connectivity index (χ0v) is 15.8. The van der Waals surface area contributed by atoms with Crippen molar-refractivity contribution in [3.05, 3.63) is 24.3 Å². The molecule has 0 aromatic heterocycles. The van der Waals surface area contributed by atoms with Crippen molar-refractivity contribution in [1.82, 2.24) is 0 Å². The second kappa shape index (κ2) is 11.8. The van der Waals surface area contributed by atoms with Gasteiger partial charge in [-0.15, -0.1) is 0 Å². The fraction of sp³-hybridized carbons (Fsp3) is 0.700. The van der Waals surface area contributed by atoms with Crippen LogP contribution in [0.5, 0.6) is 0 Å². The number of halogens is 1. The van der Waals surface area contributed by atoms with E-state index in [0.29, 0.717) is 6.17 Å². The summed E-state index contributed by atoms with van der Waals surface area (Å²) < 4.78 is 0. The minimum absolute atomic E-state index is 0. The summed E-state index contributed by atoms with van der Waals surface area (Å²) in [6.45, 7) is 5.82. The van der Waals surface area contributed by atoms with Crippen molar-refractivity contribution in [1.29, 1.82) is 0 Å². The normalized spacial score (nSPS) is 16.3. The molecule has 2 rings (SSSR count). The van der Waals surface area contributed by atoms with Crippen molar-refractivity contribution in [3.8, 4) is 0 Å². The van der Waals surface area contributed by atoms with Crippen LogP contribution in [0.15, 0.2) is 24.3 Å². The molecule has 0 amide bonds. The standard InChI is InChI=1S/C20H34N2.ClH/c1-3-4-5-6-7-8-9-10-11-14-17-22-18(2)21-19-15-12-13-16-20(19)22;/h12-13,15-16,18,21H,3-11,14,17H2,1-2H3;1H. The maximum absolute atomic E-state index is 2.57. The van der Waals surface area contributed by atoms with Gasteiger partial charge < -0.3 is 17.3 Å². The summed E-state index contributed by atoms with van der Waals surface area (Å²) in [7, 11) is 0. The molecular formula is C20H35ClN2. The van der Waals surface area contributed by atoms with Crippen LogP contribution in [0.25, 0.3) is 0 Å². The molecule has 0 saturated heterocycles. The molecule has 1 aliphatic rings. The molecule has 1 aromatic rings. The van der Waals surface area contributed by atoms with Crippen molar-refractivity contribution < 1.29 is 17.7 Å². The number of fused-ring (bicyclic) bond motifs is 1. The van der Waals surface area contributed by atoms with Crippen LogP contribution in [-0.4, -0.2) is 12.7 Å². The Hall–Kier alpha value is -0.730. The van der Waals surface area contributed by atoms with Gasteiger partial charge in [0.25, 0.3) is 0 Å². The minimum Gasteiger partial charge on any atom is -1.00 e. The second-order valence-electron chi connectivity index (χ2n) is 6.84. The third-order valence-corrected chi connectivity index (χ3v) is 4.91. The highest BCUT2D eigenvalue weighted by Gasteiger charge is 2.28. The Labute approximate surface area is 149 Å². The second-order valence-corrected chi connectivity index (χ2v) is 6.84. The summed E-state index contributed by atoms with van der Waals surface area (Å²) in [6, 6.07) is 8.82. The summed E-state index contributed by atoms with van der Waals surface area (Å²) in [5.74, 6) is 0. The molecule has 0 aliphatic carbocycles. The van der Waals surface area contributed by atoms with Crippen LogP contribution in [-0.2, 0) is 0 Å². The fourth-order valence-corrected chi connectivity index (χ4v) is 3.55. The lowest BCUT2D eigenvalue weighted by atomic mass is 10.1. The third-order valence-electron chi connectivity index (χ3n) is 4.91. The van der Waals surface area contributed by atoms with Crippen LogP contribution >= 0.6 is 0 Å². The van der Waals surface area contributed by atoms with E-state index in [1.165, 1.54) is 82.1 Å². The SMILES string of the molecule is CCCCCCCCCCCCN1c2ccccc2[NH2+]C1C.[Cl-]. The predicted octanol–water partition coefficient (Wildman–Crippen LogP) is 1.97. The lowest BCUT2D eigenvalue weighted by Gasteiger charge is -2.20. The van der Waals surface area contributed by atoms with Crippen LogP contribution < -0.4 is 22.6 Å². The Bertz CT molecular complexity index is 422. The molecule has 2 N–H and O–H groups in total. The van der Waals surface area contributed by atoms with E-state index in [0.717, 1.165) is 0 Å². The van der Waals surface area contributed by atoms with Gasteiger partial charge in [-0.3, -0.25) is 5.32 Å². The van der Waals surface area contributed by atoms with Crippen molar-refractivity contribution in [2.24, 2.45) is 0 Å². The van der Waals surface area contributed by atoms with Gasteiger partial charge in [-0.2, -0.15) is 0 Å². The highest BCUT2D eigenvalue weighted by Crippen LogP contribution is 2.27. The van der Waals surface area contributed by atoms with Crippen molar-refractivity contribution >= 4 is 11.4 Å². The van der Waals surface area contributed by atoms with Gasteiger partial charge >= 0.3 is 0 Å². The molecule has 0 bridgehead atoms. The first-order valence-electron chi connectivity index (χ1n) is 9.53. The molecular weight excluding hydrogens is 304 g/mol. The lowest BCUT2D eigenvalue weighted by Crippen LogP contribution is -3.00. The quantitative estimate of drug-likeness (QED) is 0.483. The molecule has 1 aromatic carbocycles. The first kappa shape index (κ1) is 20.3. The van der Waals surface area contributed by atoms with Crippen molar-refractivity contribution in [3.63, 3.8) is 0 Å². The Morgan fingerprint density at radius 1 is 0.870 bits per heavy atom. The largest absolute Gasteiger partial charge is 1.00 e. The monoisotopic (exact) mass is 338 g/mol. The highest BCUT2D eigenvalue weighted by molar-refractivity contribution is 5.65. The Morgan fingerprint density at radius 3 is 2.09 bits per heavy atom. The number of hydrogen-bond donors (Lipinski definition) is 1. The number of quaternary nitrogens is 1. The van der Waals surface area contributed by atoms with E-state index < -0.39 is 0 Å². The Kier molecular flexibility index (Phi) is 10.4. The summed E-state index contributed by atoms with van der Waals surface area (Å²) in [6.07, 6.45) is 14.7. The van der Waals surface area contributed by atoms with Crippen molar-refractivity contribution in [2.75, 3.05) is 11.4 Å². The third kappa shape index (κ3) is 6.73. The number of nitrogens with two attached hydrogens (primary N) is 1. The van der Waals surface area contributed by atoms with Gasteiger partial charge in [0.1, 0.15) is 5.69 Å². The van der Waals surface area contributed by atoms with E-state index in [2.05, 4.69) is 48.3 Å². The van der Waals surface area contributed by atoms with Gasteiger partial charge in [0.2, 0.25) is 0 Å². The van der Waals surface area contributed by atoms with Crippen LogP contribution in [0.2, 0.25) is 0 Å². The maximum atomic E-state index is 2.57. The molecule has 1 aliphatic heterocycles. The summed E-state index contributed by atoms with van der Waals surface area (Å²) in [4.78, 5) is 2.57. The molecule has 0 fully saturated rings.